The van der Waals surface area contributed by atoms with Gasteiger partial charge in [0.05, 0.1) is 12.8 Å². The summed E-state index contributed by atoms with van der Waals surface area (Å²) < 4.78 is 11.2. The van der Waals surface area contributed by atoms with E-state index in [1.165, 1.54) is 18.1 Å². The molecule has 5 heteroatoms. The van der Waals surface area contributed by atoms with Crippen molar-refractivity contribution in [3.8, 4) is 11.5 Å². The molecule has 0 saturated carbocycles. The third-order valence-corrected chi connectivity index (χ3v) is 4.07. The van der Waals surface area contributed by atoms with Crippen molar-refractivity contribution in [1.29, 1.82) is 0 Å². The first kappa shape index (κ1) is 19.6. The molecule has 0 aliphatic carbocycles. The van der Waals surface area contributed by atoms with Crippen LogP contribution in [0.15, 0.2) is 36.4 Å². The van der Waals surface area contributed by atoms with Gasteiger partial charge in [0.25, 0.3) is 0 Å². The second kappa shape index (κ2) is 9.13. The molecule has 2 aromatic rings. The van der Waals surface area contributed by atoms with Gasteiger partial charge in [-0.15, -0.1) is 0 Å². The predicted molar refractivity (Wildman–Crippen MR) is 107 cm³/mol. The summed E-state index contributed by atoms with van der Waals surface area (Å²) in [6, 6.07) is 11.7. The Kier molecular flexibility index (Phi) is 6.89. The third-order valence-electron chi connectivity index (χ3n) is 4.07. The van der Waals surface area contributed by atoms with Crippen LogP contribution in [0.1, 0.15) is 37.8 Å². The lowest BCUT2D eigenvalue weighted by atomic mass is 9.98. The maximum Gasteiger partial charge on any atom is 0.221 e. The molecule has 0 aliphatic heterocycles. The van der Waals surface area contributed by atoms with E-state index >= 15 is 0 Å². The molecule has 0 atom stereocenters. The normalized spacial score (nSPS) is 10.5. The summed E-state index contributed by atoms with van der Waals surface area (Å²) >= 11 is 0. The number of rotatable bonds is 8. The van der Waals surface area contributed by atoms with Gasteiger partial charge in [-0.05, 0) is 54.3 Å². The Labute approximate surface area is 155 Å². The molecule has 0 fully saturated rings. The van der Waals surface area contributed by atoms with Crippen LogP contribution in [0.3, 0.4) is 0 Å². The number of hydrogen-bond donors (Lipinski definition) is 2. The molecule has 0 heterocycles. The average Bonchev–Trinajstić information content (AvgIpc) is 2.58. The van der Waals surface area contributed by atoms with E-state index in [9.17, 15) is 4.79 Å². The fourth-order valence-corrected chi connectivity index (χ4v) is 2.87. The quantitative estimate of drug-likeness (QED) is 0.680. The van der Waals surface area contributed by atoms with Gasteiger partial charge in [0, 0.05) is 19.2 Å². The Morgan fingerprint density at radius 3 is 2.54 bits per heavy atom. The SMILES string of the molecule is COc1ccc(NC(C)=O)cc1NCCOc1ccc(C(C)C)c(C)c1. The van der Waals surface area contributed by atoms with Gasteiger partial charge < -0.3 is 20.1 Å². The first-order valence-electron chi connectivity index (χ1n) is 8.83. The van der Waals surface area contributed by atoms with E-state index in [1.807, 2.05) is 18.2 Å². The zero-order valence-electron chi connectivity index (χ0n) is 16.2. The largest absolute Gasteiger partial charge is 0.495 e. The maximum absolute atomic E-state index is 11.2. The Hall–Kier alpha value is -2.69. The highest BCUT2D eigenvalue weighted by molar-refractivity contribution is 5.89. The molecule has 2 N–H and O–H groups in total. The molecule has 0 spiro atoms. The monoisotopic (exact) mass is 356 g/mol. The van der Waals surface area contributed by atoms with E-state index in [0.29, 0.717) is 19.1 Å². The van der Waals surface area contributed by atoms with Gasteiger partial charge in [0.1, 0.15) is 18.1 Å². The van der Waals surface area contributed by atoms with Gasteiger partial charge in [0.15, 0.2) is 0 Å². The number of nitrogens with one attached hydrogen (secondary N) is 2. The highest BCUT2D eigenvalue weighted by Crippen LogP contribution is 2.28. The molecule has 2 rings (SSSR count). The molecule has 5 nitrogen and oxygen atoms in total. The minimum atomic E-state index is -0.107. The highest BCUT2D eigenvalue weighted by atomic mass is 16.5. The molecule has 0 radical (unpaired) electrons. The van der Waals surface area contributed by atoms with E-state index < -0.39 is 0 Å². The standard InChI is InChI=1S/C21H28N2O3/c1-14(2)19-8-7-18(12-15(19)3)26-11-10-22-20-13-17(23-16(4)24)6-9-21(20)25-5/h6-9,12-14,22H,10-11H2,1-5H3,(H,23,24). The topological polar surface area (TPSA) is 59.6 Å². The number of methoxy groups -OCH3 is 1. The van der Waals surface area contributed by atoms with Crippen molar-refractivity contribution in [2.24, 2.45) is 0 Å². The number of aryl methyl sites for hydroxylation is 1. The van der Waals surface area contributed by atoms with Crippen LogP contribution in [0, 0.1) is 6.92 Å². The van der Waals surface area contributed by atoms with Crippen LogP contribution in [-0.4, -0.2) is 26.2 Å². The maximum atomic E-state index is 11.2. The summed E-state index contributed by atoms with van der Waals surface area (Å²) in [5.41, 5.74) is 4.13. The minimum Gasteiger partial charge on any atom is -0.495 e. The summed E-state index contributed by atoms with van der Waals surface area (Å²) in [6.45, 7) is 9.11. The Morgan fingerprint density at radius 1 is 1.15 bits per heavy atom. The first-order valence-corrected chi connectivity index (χ1v) is 8.83. The molecular formula is C21H28N2O3. The van der Waals surface area contributed by atoms with Crippen molar-refractivity contribution >= 4 is 17.3 Å². The van der Waals surface area contributed by atoms with E-state index in [1.54, 1.807) is 13.2 Å². The molecule has 140 valence electrons. The number of amides is 1. The minimum absolute atomic E-state index is 0.107. The first-order chi connectivity index (χ1) is 12.4. The molecule has 0 aliphatic rings. The molecular weight excluding hydrogens is 328 g/mol. The Bertz CT molecular complexity index is 757. The lowest BCUT2D eigenvalue weighted by Crippen LogP contribution is -2.13. The van der Waals surface area contributed by atoms with Crippen molar-refractivity contribution in [1.82, 2.24) is 0 Å². The van der Waals surface area contributed by atoms with Crippen LogP contribution < -0.4 is 20.1 Å². The summed E-state index contributed by atoms with van der Waals surface area (Å²) in [4.78, 5) is 11.2. The lowest BCUT2D eigenvalue weighted by Gasteiger charge is -2.15. The number of anilines is 2. The fraction of sp³-hybridized carbons (Fsp3) is 0.381. The summed E-state index contributed by atoms with van der Waals surface area (Å²) in [5.74, 6) is 1.99. The summed E-state index contributed by atoms with van der Waals surface area (Å²) in [7, 11) is 1.62. The summed E-state index contributed by atoms with van der Waals surface area (Å²) in [6.07, 6.45) is 0. The highest BCUT2D eigenvalue weighted by Gasteiger charge is 2.07. The molecule has 26 heavy (non-hydrogen) atoms. The molecule has 0 bridgehead atoms. The van der Waals surface area contributed by atoms with E-state index in [0.717, 1.165) is 22.9 Å². The van der Waals surface area contributed by atoms with Crippen molar-refractivity contribution in [3.63, 3.8) is 0 Å². The molecule has 0 saturated heterocycles. The van der Waals surface area contributed by atoms with E-state index in [4.69, 9.17) is 9.47 Å². The molecule has 2 aromatic carbocycles. The molecule has 1 amide bonds. The van der Waals surface area contributed by atoms with Gasteiger partial charge in [0.2, 0.25) is 5.91 Å². The Balaban J connectivity index is 1.93. The molecule has 0 unspecified atom stereocenters. The van der Waals surface area contributed by atoms with Gasteiger partial charge >= 0.3 is 0 Å². The van der Waals surface area contributed by atoms with Crippen LogP contribution in [-0.2, 0) is 4.79 Å². The fourth-order valence-electron chi connectivity index (χ4n) is 2.87. The van der Waals surface area contributed by atoms with Crippen molar-refractivity contribution in [3.05, 3.63) is 47.5 Å². The third kappa shape index (κ3) is 5.41. The van der Waals surface area contributed by atoms with Crippen LogP contribution in [0.4, 0.5) is 11.4 Å². The molecule has 0 aromatic heterocycles. The number of ether oxygens (including phenoxy) is 2. The van der Waals surface area contributed by atoms with Crippen LogP contribution in [0.25, 0.3) is 0 Å². The van der Waals surface area contributed by atoms with Crippen molar-refractivity contribution in [2.75, 3.05) is 30.9 Å². The van der Waals surface area contributed by atoms with Gasteiger partial charge in [-0.25, -0.2) is 0 Å². The predicted octanol–water partition coefficient (Wildman–Crippen LogP) is 4.58. The lowest BCUT2D eigenvalue weighted by molar-refractivity contribution is -0.114. The second-order valence-electron chi connectivity index (χ2n) is 6.54. The number of carbonyl (C=O) groups excluding carboxylic acids is 1. The van der Waals surface area contributed by atoms with Gasteiger partial charge in [-0.2, -0.15) is 0 Å². The van der Waals surface area contributed by atoms with Crippen LogP contribution in [0.2, 0.25) is 0 Å². The smallest absolute Gasteiger partial charge is 0.221 e. The zero-order chi connectivity index (χ0) is 19.1. The van der Waals surface area contributed by atoms with Crippen molar-refractivity contribution < 1.29 is 14.3 Å². The van der Waals surface area contributed by atoms with Gasteiger partial charge in [-0.1, -0.05) is 19.9 Å². The summed E-state index contributed by atoms with van der Waals surface area (Å²) in [5, 5.41) is 6.06. The Morgan fingerprint density at radius 2 is 1.92 bits per heavy atom. The van der Waals surface area contributed by atoms with Gasteiger partial charge in [-0.3, -0.25) is 4.79 Å². The second-order valence-corrected chi connectivity index (χ2v) is 6.54. The van der Waals surface area contributed by atoms with Crippen LogP contribution in [0.5, 0.6) is 11.5 Å². The van der Waals surface area contributed by atoms with E-state index in [-0.39, 0.29) is 5.91 Å². The number of hydrogen-bond acceptors (Lipinski definition) is 4. The number of benzene rings is 2. The van der Waals surface area contributed by atoms with Crippen molar-refractivity contribution in [2.45, 2.75) is 33.6 Å². The zero-order valence-corrected chi connectivity index (χ0v) is 16.2. The van der Waals surface area contributed by atoms with Crippen LogP contribution >= 0.6 is 0 Å². The average molecular weight is 356 g/mol. The number of carbonyl (C=O) groups is 1. The van der Waals surface area contributed by atoms with E-state index in [2.05, 4.69) is 43.5 Å².